The average Bonchev–Trinajstić information content (AvgIpc) is 2.40. The molecule has 0 bridgehead atoms. The molecule has 2 amide bonds. The summed E-state index contributed by atoms with van der Waals surface area (Å²) in [5, 5.41) is 1.05. The molecule has 0 saturated heterocycles. The highest BCUT2D eigenvalue weighted by Crippen LogP contribution is 2.10. The Morgan fingerprint density at radius 1 is 1.14 bits per heavy atom. The zero-order valence-electron chi connectivity index (χ0n) is 14.2. The van der Waals surface area contributed by atoms with Gasteiger partial charge in [0.05, 0.1) is 13.7 Å². The molecule has 0 saturated carbocycles. The van der Waals surface area contributed by atoms with E-state index in [0.717, 1.165) is 9.96 Å². The van der Waals surface area contributed by atoms with Gasteiger partial charge < -0.3 is 9.47 Å². The average molecular weight is 318 g/mol. The van der Waals surface area contributed by atoms with Crippen molar-refractivity contribution >= 4 is 18.0 Å². The third kappa shape index (κ3) is 8.46. The fourth-order valence-corrected chi connectivity index (χ4v) is 1.41. The number of hydroxylamine groups is 2. The first-order valence-corrected chi connectivity index (χ1v) is 7.05. The van der Waals surface area contributed by atoms with Gasteiger partial charge in [-0.25, -0.2) is 9.86 Å². The zero-order valence-corrected chi connectivity index (χ0v) is 14.2. The predicted molar refractivity (Wildman–Crippen MR) is 78.8 cm³/mol. The van der Waals surface area contributed by atoms with Gasteiger partial charge in [0.25, 0.3) is 0 Å². The molecular weight excluding hydrogens is 292 g/mol. The van der Waals surface area contributed by atoms with E-state index < -0.39 is 17.7 Å². The van der Waals surface area contributed by atoms with Crippen LogP contribution in [0.3, 0.4) is 0 Å². The molecule has 128 valence electrons. The molecule has 0 aliphatic carbocycles. The van der Waals surface area contributed by atoms with Gasteiger partial charge in [0.15, 0.2) is 0 Å². The lowest BCUT2D eigenvalue weighted by Gasteiger charge is -2.27. The highest BCUT2D eigenvalue weighted by molar-refractivity contribution is 5.79. The molecule has 0 aromatic carbocycles. The summed E-state index contributed by atoms with van der Waals surface area (Å²) >= 11 is 0. The predicted octanol–water partition coefficient (Wildman–Crippen LogP) is 1.20. The van der Waals surface area contributed by atoms with Crippen molar-refractivity contribution in [2.75, 3.05) is 33.9 Å². The SMILES string of the molecule is CCOC(=O)CN(CCC(=O)N(C)OC)C(=O)OC(C)(C)C. The molecular formula is C14H26N2O6. The summed E-state index contributed by atoms with van der Waals surface area (Å²) in [6.07, 6.45) is -0.670. The zero-order chi connectivity index (χ0) is 17.3. The van der Waals surface area contributed by atoms with Gasteiger partial charge >= 0.3 is 12.1 Å². The monoisotopic (exact) mass is 318 g/mol. The Labute approximate surface area is 131 Å². The summed E-state index contributed by atoms with van der Waals surface area (Å²) in [7, 11) is 2.83. The summed E-state index contributed by atoms with van der Waals surface area (Å²) in [5.41, 5.74) is -0.697. The summed E-state index contributed by atoms with van der Waals surface area (Å²) in [4.78, 5) is 41.3. The van der Waals surface area contributed by atoms with Crippen LogP contribution in [0.15, 0.2) is 0 Å². The molecule has 0 rings (SSSR count). The summed E-state index contributed by atoms with van der Waals surface area (Å²) < 4.78 is 10.0. The minimum atomic E-state index is -0.697. The summed E-state index contributed by atoms with van der Waals surface area (Å²) in [5.74, 6) is -0.874. The molecule has 0 unspecified atom stereocenters. The number of esters is 1. The van der Waals surface area contributed by atoms with Crippen LogP contribution >= 0.6 is 0 Å². The molecule has 0 aromatic heterocycles. The van der Waals surface area contributed by atoms with Crippen LogP contribution in [0.5, 0.6) is 0 Å². The molecule has 8 nitrogen and oxygen atoms in total. The molecule has 0 N–H and O–H groups in total. The lowest BCUT2D eigenvalue weighted by atomic mass is 10.2. The second-order valence-corrected chi connectivity index (χ2v) is 5.53. The van der Waals surface area contributed by atoms with E-state index in [1.807, 2.05) is 0 Å². The normalized spacial score (nSPS) is 10.8. The smallest absolute Gasteiger partial charge is 0.410 e. The van der Waals surface area contributed by atoms with Gasteiger partial charge in [-0.3, -0.25) is 19.3 Å². The fourth-order valence-electron chi connectivity index (χ4n) is 1.41. The van der Waals surface area contributed by atoms with Crippen LogP contribution in [0.1, 0.15) is 34.1 Å². The van der Waals surface area contributed by atoms with E-state index in [2.05, 4.69) is 0 Å². The molecule has 0 atom stereocenters. The molecule has 0 aliphatic rings. The van der Waals surface area contributed by atoms with Crippen molar-refractivity contribution in [3.05, 3.63) is 0 Å². The van der Waals surface area contributed by atoms with Gasteiger partial charge in [0, 0.05) is 20.0 Å². The van der Waals surface area contributed by atoms with Crippen molar-refractivity contribution in [2.45, 2.75) is 39.7 Å². The number of nitrogens with zero attached hydrogens (tertiary/aromatic N) is 2. The lowest BCUT2D eigenvalue weighted by molar-refractivity contribution is -0.169. The largest absolute Gasteiger partial charge is 0.465 e. The Kier molecular flexibility index (Phi) is 8.47. The molecule has 22 heavy (non-hydrogen) atoms. The Bertz CT molecular complexity index is 391. The second kappa shape index (κ2) is 9.24. The van der Waals surface area contributed by atoms with Gasteiger partial charge in [-0.15, -0.1) is 0 Å². The fraction of sp³-hybridized carbons (Fsp3) is 0.786. The van der Waals surface area contributed by atoms with Crippen LogP contribution in [0.25, 0.3) is 0 Å². The van der Waals surface area contributed by atoms with Crippen LogP contribution in [-0.4, -0.2) is 67.4 Å². The number of ether oxygens (including phenoxy) is 2. The molecule has 0 aliphatic heterocycles. The third-order valence-corrected chi connectivity index (χ3v) is 2.50. The van der Waals surface area contributed by atoms with Crippen molar-refractivity contribution in [1.29, 1.82) is 0 Å². The molecule has 0 radical (unpaired) electrons. The maximum Gasteiger partial charge on any atom is 0.410 e. The highest BCUT2D eigenvalue weighted by Gasteiger charge is 2.25. The molecule has 0 aromatic rings. The van der Waals surface area contributed by atoms with E-state index in [-0.39, 0.29) is 32.0 Å². The molecule has 0 fully saturated rings. The molecule has 0 heterocycles. The topological polar surface area (TPSA) is 85.4 Å². The first kappa shape index (κ1) is 20.2. The minimum Gasteiger partial charge on any atom is -0.465 e. The van der Waals surface area contributed by atoms with E-state index in [1.165, 1.54) is 14.2 Å². The van der Waals surface area contributed by atoms with Crippen molar-refractivity contribution in [1.82, 2.24) is 9.96 Å². The van der Waals surface area contributed by atoms with Crippen LogP contribution in [0.2, 0.25) is 0 Å². The van der Waals surface area contributed by atoms with Gasteiger partial charge in [-0.2, -0.15) is 0 Å². The first-order chi connectivity index (χ1) is 10.1. The van der Waals surface area contributed by atoms with E-state index in [4.69, 9.17) is 14.3 Å². The summed E-state index contributed by atoms with van der Waals surface area (Å²) in [6.45, 7) is 6.80. The molecule has 0 spiro atoms. The minimum absolute atomic E-state index is 0.00296. The lowest BCUT2D eigenvalue weighted by Crippen LogP contribution is -2.42. The van der Waals surface area contributed by atoms with Crippen molar-refractivity contribution < 1.29 is 28.7 Å². The Morgan fingerprint density at radius 3 is 2.18 bits per heavy atom. The number of carbonyl (C=O) groups is 3. The second-order valence-electron chi connectivity index (χ2n) is 5.53. The quantitative estimate of drug-likeness (QED) is 0.518. The number of rotatable bonds is 7. The van der Waals surface area contributed by atoms with Gasteiger partial charge in [-0.05, 0) is 27.7 Å². The van der Waals surface area contributed by atoms with E-state index in [1.54, 1.807) is 27.7 Å². The Hall–Kier alpha value is -1.83. The van der Waals surface area contributed by atoms with E-state index >= 15 is 0 Å². The standard InChI is InChI=1S/C14H26N2O6/c1-7-21-12(18)10-16(13(19)22-14(2,3)4)9-8-11(17)15(5)20-6/h7-10H2,1-6H3. The van der Waals surface area contributed by atoms with E-state index in [0.29, 0.717) is 0 Å². The van der Waals surface area contributed by atoms with Gasteiger partial charge in [0.1, 0.15) is 12.1 Å². The van der Waals surface area contributed by atoms with Crippen LogP contribution in [-0.2, 0) is 23.9 Å². The Morgan fingerprint density at radius 2 is 1.73 bits per heavy atom. The summed E-state index contributed by atoms with van der Waals surface area (Å²) in [6, 6.07) is 0. The maximum atomic E-state index is 12.1. The number of amides is 2. The van der Waals surface area contributed by atoms with Crippen molar-refractivity contribution in [3.63, 3.8) is 0 Å². The molecule has 8 heteroatoms. The van der Waals surface area contributed by atoms with Crippen molar-refractivity contribution in [3.8, 4) is 0 Å². The van der Waals surface area contributed by atoms with Gasteiger partial charge in [-0.1, -0.05) is 0 Å². The Balaban J connectivity index is 4.75. The van der Waals surface area contributed by atoms with Gasteiger partial charge in [0.2, 0.25) is 5.91 Å². The first-order valence-electron chi connectivity index (χ1n) is 7.05. The number of carbonyl (C=O) groups excluding carboxylic acids is 3. The number of hydrogen-bond donors (Lipinski definition) is 0. The maximum absolute atomic E-state index is 12.1. The van der Waals surface area contributed by atoms with E-state index in [9.17, 15) is 14.4 Å². The van der Waals surface area contributed by atoms with Crippen LogP contribution in [0, 0.1) is 0 Å². The van der Waals surface area contributed by atoms with Crippen LogP contribution < -0.4 is 0 Å². The highest BCUT2D eigenvalue weighted by atomic mass is 16.7. The third-order valence-electron chi connectivity index (χ3n) is 2.50. The van der Waals surface area contributed by atoms with Crippen LogP contribution in [0.4, 0.5) is 4.79 Å². The van der Waals surface area contributed by atoms with Crippen molar-refractivity contribution in [2.24, 2.45) is 0 Å². The number of hydrogen-bond acceptors (Lipinski definition) is 6.